The molecule has 0 saturated heterocycles. The second kappa shape index (κ2) is 9.50. The molecule has 0 aliphatic heterocycles. The van der Waals surface area contributed by atoms with Gasteiger partial charge < -0.3 is 26.7 Å². The zero-order valence-electron chi connectivity index (χ0n) is 15.9. The molecule has 0 saturated carbocycles. The Labute approximate surface area is 183 Å². The minimum atomic E-state index is -0.346. The van der Waals surface area contributed by atoms with Crippen molar-refractivity contribution >= 4 is 21.8 Å². The van der Waals surface area contributed by atoms with Gasteiger partial charge in [0.05, 0.1) is 5.52 Å². The highest BCUT2D eigenvalue weighted by atomic mass is 79.9. The topological polar surface area (TPSA) is 39.3 Å². The predicted molar refractivity (Wildman–Crippen MR) is 110 cm³/mol. The van der Waals surface area contributed by atoms with E-state index in [1.807, 2.05) is 41.2 Å². The van der Waals surface area contributed by atoms with Gasteiger partial charge in [-0.1, -0.05) is 24.3 Å². The Kier molecular flexibility index (Phi) is 6.79. The van der Waals surface area contributed by atoms with Crippen LogP contribution in [0.4, 0.5) is 8.78 Å². The van der Waals surface area contributed by atoms with Gasteiger partial charge in [0.15, 0.2) is 12.4 Å². The first kappa shape index (κ1) is 21.5. The molecule has 0 amide bonds. The van der Waals surface area contributed by atoms with Crippen molar-refractivity contribution in [1.82, 2.24) is 4.57 Å². The molecule has 0 fully saturated rings. The van der Waals surface area contributed by atoms with Gasteiger partial charge in [-0.15, -0.1) is 0 Å². The van der Waals surface area contributed by atoms with E-state index in [4.69, 9.17) is 0 Å². The Hall–Kier alpha value is -3.25. The number of nitrogens with zero attached hydrogens (tertiary/aromatic N) is 1. The van der Waals surface area contributed by atoms with Gasteiger partial charge in [0, 0.05) is 35.0 Å². The average molecular weight is 469 g/mol. The molecule has 6 heteroatoms. The smallest absolute Gasteiger partial charge is 0.166 e. The van der Waals surface area contributed by atoms with Crippen molar-refractivity contribution in [3.8, 4) is 5.75 Å². The summed E-state index contributed by atoms with van der Waals surface area (Å²) in [7, 11) is 0. The summed E-state index contributed by atoms with van der Waals surface area (Å²) < 4.78 is 28.7. The number of fused-ring (bicyclic) bond motifs is 3. The van der Waals surface area contributed by atoms with E-state index in [9.17, 15) is 13.9 Å². The third-order valence-corrected chi connectivity index (χ3v) is 4.69. The summed E-state index contributed by atoms with van der Waals surface area (Å²) in [6, 6.07) is 21.9. The minimum Gasteiger partial charge on any atom is -1.00 e. The number of halogens is 3. The Morgan fingerprint density at radius 3 is 2.10 bits per heavy atom. The van der Waals surface area contributed by atoms with Crippen LogP contribution in [-0.4, -0.2) is 9.67 Å². The number of nitrogens with one attached hydrogen (secondary N) is 1. The molecule has 0 spiro atoms. The van der Waals surface area contributed by atoms with Crippen molar-refractivity contribution in [2.75, 3.05) is 0 Å². The Morgan fingerprint density at radius 1 is 0.767 bits per heavy atom. The van der Waals surface area contributed by atoms with Crippen LogP contribution in [0, 0.1) is 11.6 Å². The Bertz CT molecular complexity index is 1230. The van der Waals surface area contributed by atoms with Crippen LogP contribution in [0.25, 0.3) is 21.8 Å². The standard InChI is InChI=1S/C19H13F2NO.C5H5N.BrH/c20-13-6-4-12(5-7-13)11-22-16-9-8-14(21)10-15(16)19-17(22)2-1-3-18(19)23;1-2-4-6-5-3-1;/h1-10,23H,11H2;1-5H;1H. The minimum absolute atomic E-state index is 0. The highest BCUT2D eigenvalue weighted by Gasteiger charge is 2.14. The Balaban J connectivity index is 0.000000317. The summed E-state index contributed by atoms with van der Waals surface area (Å²) in [6.07, 6.45) is 3.75. The fourth-order valence-corrected chi connectivity index (χ4v) is 3.39. The van der Waals surface area contributed by atoms with Crippen LogP contribution < -0.4 is 22.0 Å². The highest BCUT2D eigenvalue weighted by molar-refractivity contribution is 6.11. The van der Waals surface area contributed by atoms with Crippen LogP contribution in [0.1, 0.15) is 5.56 Å². The molecule has 2 heterocycles. The third-order valence-electron chi connectivity index (χ3n) is 4.69. The van der Waals surface area contributed by atoms with Gasteiger partial charge in [0.25, 0.3) is 0 Å². The number of phenols is 1. The van der Waals surface area contributed by atoms with E-state index in [2.05, 4.69) is 4.98 Å². The van der Waals surface area contributed by atoms with Crippen molar-refractivity contribution in [2.24, 2.45) is 0 Å². The maximum Gasteiger partial charge on any atom is 0.166 e. The first-order valence-electron chi connectivity index (χ1n) is 9.18. The zero-order chi connectivity index (χ0) is 20.2. The van der Waals surface area contributed by atoms with Crippen LogP contribution in [0.2, 0.25) is 0 Å². The summed E-state index contributed by atoms with van der Waals surface area (Å²) in [5.74, 6) is -0.506. The molecule has 0 atom stereocenters. The number of pyridine rings is 1. The van der Waals surface area contributed by atoms with Gasteiger partial charge in [-0.05, 0) is 48.0 Å². The number of phenolic OH excluding ortho intramolecular Hbond substituents is 1. The lowest BCUT2D eigenvalue weighted by atomic mass is 10.1. The highest BCUT2D eigenvalue weighted by Crippen LogP contribution is 2.35. The molecule has 2 aromatic heterocycles. The predicted octanol–water partition coefficient (Wildman–Crippen LogP) is 2.33. The number of hydrogen-bond donors (Lipinski definition) is 1. The van der Waals surface area contributed by atoms with Gasteiger partial charge in [0.2, 0.25) is 0 Å². The summed E-state index contributed by atoms with van der Waals surface area (Å²) in [5, 5.41) is 11.5. The number of hydrogen-bond acceptors (Lipinski definition) is 1. The van der Waals surface area contributed by atoms with Crippen molar-refractivity contribution in [1.29, 1.82) is 0 Å². The van der Waals surface area contributed by atoms with E-state index < -0.39 is 0 Å². The summed E-state index contributed by atoms with van der Waals surface area (Å²) in [5.41, 5.74) is 2.57. The molecule has 3 nitrogen and oxygen atoms in total. The number of benzene rings is 3. The van der Waals surface area contributed by atoms with Crippen molar-refractivity contribution in [2.45, 2.75) is 6.54 Å². The fraction of sp³-hybridized carbons (Fsp3) is 0.0417. The van der Waals surface area contributed by atoms with Crippen LogP contribution in [0.5, 0.6) is 5.75 Å². The first-order chi connectivity index (χ1) is 14.1. The summed E-state index contributed by atoms with van der Waals surface area (Å²) in [4.78, 5) is 2.89. The normalized spacial score (nSPS) is 10.3. The van der Waals surface area contributed by atoms with Crippen LogP contribution in [0.15, 0.2) is 91.3 Å². The molecular weight excluding hydrogens is 450 g/mol. The number of aromatic amines is 1. The lowest BCUT2D eigenvalue weighted by molar-refractivity contribution is -0.377. The number of H-pyrrole nitrogens is 1. The fourth-order valence-electron chi connectivity index (χ4n) is 3.39. The molecule has 152 valence electrons. The second-order valence-electron chi connectivity index (χ2n) is 6.62. The maximum atomic E-state index is 13.6. The second-order valence-corrected chi connectivity index (χ2v) is 6.62. The molecule has 0 bridgehead atoms. The SMILES string of the molecule is Oc1cccc2c1c1cc(F)ccc1n2Cc1ccc(F)cc1.[Br-].c1cc[nH+]cc1. The molecular formula is C24H19BrF2N2O. The van der Waals surface area contributed by atoms with E-state index >= 15 is 0 Å². The quantitative estimate of drug-likeness (QED) is 0.424. The third kappa shape index (κ3) is 4.49. The van der Waals surface area contributed by atoms with Crippen molar-refractivity contribution < 1.29 is 35.9 Å². The lowest BCUT2D eigenvalue weighted by Gasteiger charge is -2.08. The maximum absolute atomic E-state index is 13.6. The van der Waals surface area contributed by atoms with Crippen LogP contribution in [-0.2, 0) is 6.54 Å². The number of rotatable bonds is 2. The van der Waals surface area contributed by atoms with Gasteiger partial charge >= 0.3 is 0 Å². The molecule has 0 radical (unpaired) electrons. The van der Waals surface area contributed by atoms with Gasteiger partial charge in [-0.2, -0.15) is 0 Å². The van der Waals surface area contributed by atoms with Crippen LogP contribution in [0.3, 0.4) is 0 Å². The number of aromatic hydroxyl groups is 1. The molecule has 3 aromatic carbocycles. The monoisotopic (exact) mass is 468 g/mol. The molecule has 0 unspecified atom stereocenters. The Morgan fingerprint density at radius 2 is 1.47 bits per heavy atom. The zero-order valence-corrected chi connectivity index (χ0v) is 17.5. The van der Waals surface area contributed by atoms with E-state index in [0.29, 0.717) is 17.3 Å². The van der Waals surface area contributed by atoms with Gasteiger partial charge in [-0.25, -0.2) is 13.8 Å². The van der Waals surface area contributed by atoms with E-state index in [-0.39, 0.29) is 34.4 Å². The van der Waals surface area contributed by atoms with Crippen molar-refractivity contribution in [3.63, 3.8) is 0 Å². The molecule has 5 rings (SSSR count). The summed E-state index contributed by atoms with van der Waals surface area (Å²) in [6.45, 7) is 0.509. The van der Waals surface area contributed by atoms with E-state index in [1.165, 1.54) is 24.3 Å². The lowest BCUT2D eigenvalue weighted by Crippen LogP contribution is -3.00. The van der Waals surface area contributed by atoms with E-state index in [0.717, 1.165) is 16.6 Å². The molecule has 30 heavy (non-hydrogen) atoms. The molecule has 0 aliphatic rings. The van der Waals surface area contributed by atoms with Crippen LogP contribution >= 0.6 is 0 Å². The summed E-state index contributed by atoms with van der Waals surface area (Å²) >= 11 is 0. The van der Waals surface area contributed by atoms with Gasteiger partial charge in [0.1, 0.15) is 17.4 Å². The van der Waals surface area contributed by atoms with Gasteiger partial charge in [-0.3, -0.25) is 0 Å². The van der Waals surface area contributed by atoms with E-state index in [1.54, 1.807) is 30.3 Å². The first-order valence-corrected chi connectivity index (χ1v) is 9.18. The number of aromatic nitrogens is 2. The largest absolute Gasteiger partial charge is 1.00 e. The molecule has 0 aliphatic carbocycles. The molecule has 2 N–H and O–H groups in total. The van der Waals surface area contributed by atoms with Crippen molar-refractivity contribution in [3.05, 3.63) is 108 Å². The molecule has 5 aromatic rings. The average Bonchev–Trinajstić information content (AvgIpc) is 3.05.